The molecule has 0 aliphatic carbocycles. The van der Waals surface area contributed by atoms with Crippen molar-refractivity contribution in [3.8, 4) is 11.3 Å². The number of thiazole rings is 1. The Balaban J connectivity index is 1.45. The van der Waals surface area contributed by atoms with Crippen LogP contribution in [0.5, 0.6) is 0 Å². The molecule has 0 saturated carbocycles. The van der Waals surface area contributed by atoms with E-state index in [9.17, 15) is 4.39 Å². The van der Waals surface area contributed by atoms with Crippen molar-refractivity contribution in [1.82, 2.24) is 4.98 Å². The third-order valence-electron chi connectivity index (χ3n) is 5.55. The van der Waals surface area contributed by atoms with Gasteiger partial charge in [-0.25, -0.2) is 14.4 Å². The number of aromatic nitrogens is 1. The van der Waals surface area contributed by atoms with Crippen molar-refractivity contribution in [3.63, 3.8) is 0 Å². The summed E-state index contributed by atoms with van der Waals surface area (Å²) >= 11 is 3.28. The molecule has 1 aliphatic rings. The smallest absolute Gasteiger partial charge is 0.207 e. The second-order valence-corrected chi connectivity index (χ2v) is 10.2. The SMILES string of the molecule is CC(C)Cc1ccc(-c2csc(N3N=C(c4cccs4)C[C@@H]3c3ccc(F)cc3)n2)cc1. The standard InChI is InChI=1S/C26H24FN3S2/c1-17(2)14-18-5-7-19(8-6-18)23-16-32-26(28-23)30-24(20-9-11-21(27)12-10-20)15-22(29-30)25-4-3-13-31-25/h3-13,16-17,24H,14-15H2,1-2H3/t24-/m1/s1. The van der Waals surface area contributed by atoms with Crippen LogP contribution in [0.15, 0.2) is 76.5 Å². The molecule has 32 heavy (non-hydrogen) atoms. The zero-order valence-corrected chi connectivity index (χ0v) is 19.7. The maximum absolute atomic E-state index is 13.5. The van der Waals surface area contributed by atoms with Crippen molar-refractivity contribution >= 4 is 33.5 Å². The van der Waals surface area contributed by atoms with E-state index in [1.807, 2.05) is 23.2 Å². The highest BCUT2D eigenvalue weighted by Gasteiger charge is 2.32. The van der Waals surface area contributed by atoms with Gasteiger partial charge in [-0.3, -0.25) is 0 Å². The molecule has 0 saturated heterocycles. The fourth-order valence-electron chi connectivity index (χ4n) is 4.01. The molecule has 0 spiro atoms. The molecule has 0 unspecified atom stereocenters. The number of hydrogen-bond acceptors (Lipinski definition) is 5. The third-order valence-corrected chi connectivity index (χ3v) is 7.30. The topological polar surface area (TPSA) is 28.5 Å². The lowest BCUT2D eigenvalue weighted by Crippen LogP contribution is -2.18. The van der Waals surface area contributed by atoms with Gasteiger partial charge in [0, 0.05) is 17.4 Å². The Morgan fingerprint density at radius 2 is 1.81 bits per heavy atom. The minimum absolute atomic E-state index is 0.000109. The van der Waals surface area contributed by atoms with Crippen molar-refractivity contribution in [2.75, 3.05) is 5.01 Å². The van der Waals surface area contributed by atoms with E-state index in [0.29, 0.717) is 5.92 Å². The molecule has 6 heteroatoms. The third kappa shape index (κ3) is 4.38. The fourth-order valence-corrected chi connectivity index (χ4v) is 5.56. The van der Waals surface area contributed by atoms with E-state index in [2.05, 4.69) is 54.9 Å². The minimum Gasteiger partial charge on any atom is -0.231 e. The number of anilines is 1. The second-order valence-electron chi connectivity index (χ2n) is 8.45. The van der Waals surface area contributed by atoms with Gasteiger partial charge < -0.3 is 0 Å². The second kappa shape index (κ2) is 8.96. The maximum Gasteiger partial charge on any atom is 0.207 e. The van der Waals surface area contributed by atoms with Gasteiger partial charge in [-0.1, -0.05) is 56.3 Å². The van der Waals surface area contributed by atoms with Crippen LogP contribution in [0.25, 0.3) is 11.3 Å². The first kappa shape index (κ1) is 21.0. The number of nitrogens with zero attached hydrogens (tertiary/aromatic N) is 3. The van der Waals surface area contributed by atoms with Crippen LogP contribution in [0.3, 0.4) is 0 Å². The van der Waals surface area contributed by atoms with E-state index in [1.54, 1.807) is 22.7 Å². The van der Waals surface area contributed by atoms with E-state index < -0.39 is 0 Å². The van der Waals surface area contributed by atoms with E-state index in [1.165, 1.54) is 17.7 Å². The van der Waals surface area contributed by atoms with E-state index in [0.717, 1.165) is 45.4 Å². The van der Waals surface area contributed by atoms with Crippen LogP contribution in [-0.4, -0.2) is 10.7 Å². The van der Waals surface area contributed by atoms with Crippen LogP contribution < -0.4 is 5.01 Å². The van der Waals surface area contributed by atoms with Crippen LogP contribution in [0, 0.1) is 11.7 Å². The summed E-state index contributed by atoms with van der Waals surface area (Å²) in [7, 11) is 0. The molecule has 1 aliphatic heterocycles. The average molecular weight is 462 g/mol. The Morgan fingerprint density at radius 1 is 1.03 bits per heavy atom. The van der Waals surface area contributed by atoms with Gasteiger partial charge in [0.05, 0.1) is 22.3 Å². The van der Waals surface area contributed by atoms with Gasteiger partial charge in [0.2, 0.25) is 5.13 Å². The molecule has 5 rings (SSSR count). The number of benzene rings is 2. The molecule has 4 aromatic rings. The molecule has 0 amide bonds. The summed E-state index contributed by atoms with van der Waals surface area (Å²) in [5.74, 6) is 0.413. The predicted molar refractivity (Wildman–Crippen MR) is 133 cm³/mol. The summed E-state index contributed by atoms with van der Waals surface area (Å²) in [5, 5.41) is 12.0. The van der Waals surface area contributed by atoms with Gasteiger partial charge in [0.25, 0.3) is 0 Å². The van der Waals surface area contributed by atoms with Gasteiger partial charge in [-0.15, -0.1) is 22.7 Å². The lowest BCUT2D eigenvalue weighted by molar-refractivity contribution is 0.624. The lowest BCUT2D eigenvalue weighted by Gasteiger charge is -2.21. The predicted octanol–water partition coefficient (Wildman–Crippen LogP) is 7.56. The lowest BCUT2D eigenvalue weighted by atomic mass is 10.0. The van der Waals surface area contributed by atoms with Crippen LogP contribution in [0.4, 0.5) is 9.52 Å². The Bertz CT molecular complexity index is 1210. The highest BCUT2D eigenvalue weighted by Crippen LogP contribution is 2.40. The first-order valence-corrected chi connectivity index (χ1v) is 12.5. The van der Waals surface area contributed by atoms with Crippen LogP contribution >= 0.6 is 22.7 Å². The van der Waals surface area contributed by atoms with E-state index >= 15 is 0 Å². The van der Waals surface area contributed by atoms with Crippen LogP contribution in [-0.2, 0) is 6.42 Å². The van der Waals surface area contributed by atoms with Gasteiger partial charge >= 0.3 is 0 Å². The number of hydrazone groups is 1. The van der Waals surface area contributed by atoms with E-state index in [4.69, 9.17) is 10.1 Å². The Morgan fingerprint density at radius 3 is 2.50 bits per heavy atom. The van der Waals surface area contributed by atoms with Crippen molar-refractivity contribution in [1.29, 1.82) is 0 Å². The summed E-state index contributed by atoms with van der Waals surface area (Å²) in [5.41, 5.74) is 5.50. The number of rotatable bonds is 6. The first-order valence-electron chi connectivity index (χ1n) is 10.8. The molecule has 0 radical (unpaired) electrons. The average Bonchev–Trinajstić information content (AvgIpc) is 3.54. The molecular weight excluding hydrogens is 437 g/mol. The highest BCUT2D eigenvalue weighted by atomic mass is 32.1. The minimum atomic E-state index is -0.227. The van der Waals surface area contributed by atoms with Crippen molar-refractivity contribution in [2.45, 2.75) is 32.7 Å². The molecule has 2 aromatic heterocycles. The number of halogens is 1. The number of hydrogen-bond donors (Lipinski definition) is 0. The summed E-state index contributed by atoms with van der Waals surface area (Å²) in [6, 6.07) is 19.6. The molecule has 0 fully saturated rings. The highest BCUT2D eigenvalue weighted by molar-refractivity contribution is 7.14. The molecule has 162 valence electrons. The largest absolute Gasteiger partial charge is 0.231 e. The normalized spacial score (nSPS) is 16.1. The Hall–Kier alpha value is -2.83. The van der Waals surface area contributed by atoms with Gasteiger partial charge in [-0.2, -0.15) is 5.10 Å². The summed E-state index contributed by atoms with van der Waals surface area (Å²) in [4.78, 5) is 6.09. The summed E-state index contributed by atoms with van der Waals surface area (Å²) in [6.07, 6.45) is 1.85. The zero-order chi connectivity index (χ0) is 22.1. The monoisotopic (exact) mass is 461 g/mol. The molecule has 2 aromatic carbocycles. The zero-order valence-electron chi connectivity index (χ0n) is 18.0. The van der Waals surface area contributed by atoms with Crippen molar-refractivity contribution in [3.05, 3.63) is 93.2 Å². The van der Waals surface area contributed by atoms with E-state index in [-0.39, 0.29) is 11.9 Å². The van der Waals surface area contributed by atoms with Crippen LogP contribution in [0.2, 0.25) is 0 Å². The van der Waals surface area contributed by atoms with Crippen molar-refractivity contribution in [2.24, 2.45) is 11.0 Å². The first-order chi connectivity index (χ1) is 15.6. The Kier molecular flexibility index (Phi) is 5.89. The van der Waals surface area contributed by atoms with Gasteiger partial charge in [0.1, 0.15) is 5.82 Å². The molecule has 3 heterocycles. The number of thiophene rings is 1. The maximum atomic E-state index is 13.5. The Labute approximate surface area is 195 Å². The fraction of sp³-hybridized carbons (Fsp3) is 0.231. The van der Waals surface area contributed by atoms with Gasteiger partial charge in [-0.05, 0) is 47.0 Å². The molecule has 1 atom stereocenters. The van der Waals surface area contributed by atoms with Crippen LogP contribution in [0.1, 0.15) is 42.3 Å². The molecular formula is C26H24FN3S2. The van der Waals surface area contributed by atoms with Gasteiger partial charge in [0.15, 0.2) is 0 Å². The molecule has 0 bridgehead atoms. The molecule has 3 nitrogen and oxygen atoms in total. The summed E-state index contributed by atoms with van der Waals surface area (Å²) in [6.45, 7) is 4.47. The van der Waals surface area contributed by atoms with Crippen molar-refractivity contribution < 1.29 is 4.39 Å². The quantitative estimate of drug-likeness (QED) is 0.296. The molecule has 0 N–H and O–H groups in total. The summed E-state index contributed by atoms with van der Waals surface area (Å²) < 4.78 is 13.5.